The fourth-order valence-electron chi connectivity index (χ4n) is 2.99. The van der Waals surface area contributed by atoms with Crippen molar-refractivity contribution < 1.29 is 17.9 Å². The van der Waals surface area contributed by atoms with E-state index in [9.17, 15) is 13.2 Å². The van der Waals surface area contributed by atoms with Gasteiger partial charge in [-0.2, -0.15) is 0 Å². The van der Waals surface area contributed by atoms with E-state index in [0.29, 0.717) is 6.42 Å². The topological polar surface area (TPSA) is 75.7 Å². The summed E-state index contributed by atoms with van der Waals surface area (Å²) in [4.78, 5) is 12.7. The number of sulfonamides is 1. The van der Waals surface area contributed by atoms with Crippen molar-refractivity contribution in [3.63, 3.8) is 0 Å². The molecule has 10 heteroatoms. The lowest BCUT2D eigenvalue weighted by atomic mass is 10.0. The number of hydrogen-bond donors (Lipinski definition) is 1. The van der Waals surface area contributed by atoms with Crippen LogP contribution in [0.4, 0.5) is 5.69 Å². The highest BCUT2D eigenvalue weighted by atomic mass is 35.5. The molecule has 0 radical (unpaired) electrons. The van der Waals surface area contributed by atoms with Crippen molar-refractivity contribution in [3.05, 3.63) is 56.5 Å². The van der Waals surface area contributed by atoms with Gasteiger partial charge in [0.1, 0.15) is 12.3 Å². The van der Waals surface area contributed by atoms with Crippen LogP contribution in [-0.4, -0.2) is 34.2 Å². The maximum absolute atomic E-state index is 12.7. The number of nitrogens with one attached hydrogen (secondary N) is 1. The van der Waals surface area contributed by atoms with Gasteiger partial charge in [-0.25, -0.2) is 8.42 Å². The summed E-state index contributed by atoms with van der Waals surface area (Å²) in [6.07, 6.45) is 1.60. The molecule has 0 unspecified atom stereocenters. The van der Waals surface area contributed by atoms with Crippen molar-refractivity contribution in [2.75, 3.05) is 24.2 Å². The number of hydrogen-bond acceptors (Lipinski definition) is 4. The van der Waals surface area contributed by atoms with Gasteiger partial charge in [0.05, 0.1) is 40.2 Å². The summed E-state index contributed by atoms with van der Waals surface area (Å²) < 4.78 is 30.9. The van der Waals surface area contributed by atoms with Crippen LogP contribution < -0.4 is 14.4 Å². The fraction of sp³-hybridized carbons (Fsp3) is 0.350. The Morgan fingerprint density at radius 2 is 1.77 bits per heavy atom. The highest BCUT2D eigenvalue weighted by Crippen LogP contribution is 2.35. The number of aryl methyl sites for hydroxylation is 1. The smallest absolute Gasteiger partial charge is 0.241 e. The molecule has 2 rings (SSSR count). The third-order valence-corrected chi connectivity index (χ3v) is 6.66. The maximum atomic E-state index is 12.7. The Morgan fingerprint density at radius 1 is 1.13 bits per heavy atom. The SMILES string of the molecule is CC[C@H](NC(=O)CN(c1cc(Cl)c(Cl)cc1Cl)S(C)(=O)=O)c1ccc(OC)c(C)c1. The van der Waals surface area contributed by atoms with E-state index in [1.165, 1.54) is 12.1 Å². The molecular weight excluding hydrogens is 471 g/mol. The standard InChI is InChI=1S/C20H23Cl3N2O4S/c1-5-17(13-6-7-19(29-3)12(2)8-13)24-20(26)11-25(30(4,27)28)18-10-15(22)14(21)9-16(18)23/h6-10,17H,5,11H2,1-4H3,(H,24,26)/t17-/m0/s1. The molecule has 164 valence electrons. The quantitative estimate of drug-likeness (QED) is 0.525. The lowest BCUT2D eigenvalue weighted by Crippen LogP contribution is -2.41. The minimum Gasteiger partial charge on any atom is -0.496 e. The van der Waals surface area contributed by atoms with Crippen LogP contribution in [0.25, 0.3) is 0 Å². The molecule has 1 atom stereocenters. The molecule has 0 spiro atoms. The van der Waals surface area contributed by atoms with Crippen molar-refractivity contribution in [3.8, 4) is 5.75 Å². The van der Waals surface area contributed by atoms with Crippen molar-refractivity contribution in [1.82, 2.24) is 5.32 Å². The lowest BCUT2D eigenvalue weighted by Gasteiger charge is -2.25. The van der Waals surface area contributed by atoms with Crippen molar-refractivity contribution >= 4 is 56.4 Å². The van der Waals surface area contributed by atoms with Gasteiger partial charge in [-0.15, -0.1) is 0 Å². The van der Waals surface area contributed by atoms with Gasteiger partial charge in [-0.05, 0) is 42.7 Å². The van der Waals surface area contributed by atoms with Crippen molar-refractivity contribution in [2.24, 2.45) is 0 Å². The van der Waals surface area contributed by atoms with Gasteiger partial charge in [0.25, 0.3) is 0 Å². The molecule has 0 heterocycles. The zero-order chi connectivity index (χ0) is 22.6. The molecule has 0 aromatic heterocycles. The van der Waals surface area contributed by atoms with Gasteiger partial charge in [0.2, 0.25) is 15.9 Å². The van der Waals surface area contributed by atoms with Gasteiger partial charge < -0.3 is 10.1 Å². The highest BCUT2D eigenvalue weighted by molar-refractivity contribution is 7.92. The highest BCUT2D eigenvalue weighted by Gasteiger charge is 2.25. The molecule has 0 fully saturated rings. The predicted octanol–water partition coefficient (Wildman–Crippen LogP) is 5.00. The Labute approximate surface area is 192 Å². The first kappa shape index (κ1) is 24.6. The summed E-state index contributed by atoms with van der Waals surface area (Å²) in [5, 5.41) is 3.26. The van der Waals surface area contributed by atoms with Crippen LogP contribution in [0.2, 0.25) is 15.1 Å². The number of methoxy groups -OCH3 is 1. The number of anilines is 1. The number of carbonyl (C=O) groups excluding carboxylic acids is 1. The minimum atomic E-state index is -3.82. The van der Waals surface area contributed by atoms with E-state index >= 15 is 0 Å². The summed E-state index contributed by atoms with van der Waals surface area (Å²) in [6.45, 7) is 3.38. The number of halogens is 3. The van der Waals surface area contributed by atoms with E-state index in [4.69, 9.17) is 39.5 Å². The fourth-order valence-corrected chi connectivity index (χ4v) is 4.55. The van der Waals surface area contributed by atoms with Gasteiger partial charge >= 0.3 is 0 Å². The third-order valence-electron chi connectivity index (χ3n) is 4.51. The van der Waals surface area contributed by atoms with Gasteiger partial charge in [0, 0.05) is 0 Å². The van der Waals surface area contributed by atoms with E-state index in [2.05, 4.69) is 5.32 Å². The second-order valence-electron chi connectivity index (χ2n) is 6.74. The molecule has 0 aliphatic heterocycles. The summed E-state index contributed by atoms with van der Waals surface area (Å²) in [5.41, 5.74) is 1.91. The van der Waals surface area contributed by atoms with Crippen molar-refractivity contribution in [2.45, 2.75) is 26.3 Å². The largest absolute Gasteiger partial charge is 0.496 e. The summed E-state index contributed by atoms with van der Waals surface area (Å²) in [7, 11) is -2.23. The first-order valence-electron chi connectivity index (χ1n) is 9.04. The second kappa shape index (κ2) is 10.1. The Hall–Kier alpha value is -1.67. The van der Waals surface area contributed by atoms with Crippen LogP contribution in [0.3, 0.4) is 0 Å². The first-order valence-corrected chi connectivity index (χ1v) is 12.0. The molecular formula is C20H23Cl3N2O4S. The molecule has 1 N–H and O–H groups in total. The number of nitrogens with zero attached hydrogens (tertiary/aromatic N) is 1. The summed E-state index contributed by atoms with van der Waals surface area (Å²) in [5.74, 6) is 0.264. The van der Waals surface area contributed by atoms with Gasteiger partial charge in [-0.1, -0.05) is 53.9 Å². The van der Waals surface area contributed by atoms with Crippen LogP contribution in [0, 0.1) is 6.92 Å². The Balaban J connectivity index is 2.28. The summed E-state index contributed by atoms with van der Waals surface area (Å²) in [6, 6.07) is 7.99. The predicted molar refractivity (Wildman–Crippen MR) is 123 cm³/mol. The zero-order valence-electron chi connectivity index (χ0n) is 17.0. The Kier molecular flexibility index (Phi) is 8.27. The number of rotatable bonds is 8. The number of carbonyl (C=O) groups is 1. The Bertz CT molecular complexity index is 1040. The lowest BCUT2D eigenvalue weighted by molar-refractivity contribution is -0.120. The van der Waals surface area contributed by atoms with Crippen LogP contribution in [0.15, 0.2) is 30.3 Å². The molecule has 0 saturated heterocycles. The maximum Gasteiger partial charge on any atom is 0.241 e. The van der Waals surface area contributed by atoms with Crippen LogP contribution in [0.5, 0.6) is 5.75 Å². The third kappa shape index (κ3) is 5.94. The van der Waals surface area contributed by atoms with Crippen LogP contribution >= 0.6 is 34.8 Å². The van der Waals surface area contributed by atoms with E-state index in [0.717, 1.165) is 27.4 Å². The van der Waals surface area contributed by atoms with Crippen LogP contribution in [-0.2, 0) is 14.8 Å². The average Bonchev–Trinajstić information content (AvgIpc) is 2.66. The molecule has 6 nitrogen and oxygen atoms in total. The molecule has 1 amide bonds. The van der Waals surface area contributed by atoms with Gasteiger partial charge in [-0.3, -0.25) is 9.10 Å². The number of ether oxygens (including phenoxy) is 1. The molecule has 2 aromatic carbocycles. The second-order valence-corrected chi connectivity index (χ2v) is 9.87. The molecule has 30 heavy (non-hydrogen) atoms. The van der Waals surface area contributed by atoms with Gasteiger partial charge in [0.15, 0.2) is 0 Å². The number of amides is 1. The summed E-state index contributed by atoms with van der Waals surface area (Å²) >= 11 is 18.1. The van der Waals surface area contributed by atoms with E-state index < -0.39 is 22.5 Å². The molecule has 0 bridgehead atoms. The average molecular weight is 494 g/mol. The molecule has 0 aliphatic rings. The molecule has 0 aliphatic carbocycles. The normalized spacial score (nSPS) is 12.4. The molecule has 2 aromatic rings. The van der Waals surface area contributed by atoms with E-state index in [1.807, 2.05) is 32.0 Å². The van der Waals surface area contributed by atoms with E-state index in [-0.39, 0.29) is 26.8 Å². The zero-order valence-corrected chi connectivity index (χ0v) is 20.1. The Morgan fingerprint density at radius 3 is 2.30 bits per heavy atom. The van der Waals surface area contributed by atoms with E-state index in [1.54, 1.807) is 7.11 Å². The first-order chi connectivity index (χ1) is 14.0. The van der Waals surface area contributed by atoms with Crippen LogP contribution in [0.1, 0.15) is 30.5 Å². The molecule has 0 saturated carbocycles. The number of benzene rings is 2. The minimum absolute atomic E-state index is 0.0699. The van der Waals surface area contributed by atoms with Crippen molar-refractivity contribution in [1.29, 1.82) is 0 Å². The monoisotopic (exact) mass is 492 g/mol.